The molecule has 2 bridgehead atoms. The molecule has 2 heteroatoms. The van der Waals surface area contributed by atoms with Crippen LogP contribution < -0.4 is 0 Å². The molecular formula is C11H18O2. The molecule has 2 aliphatic heterocycles. The van der Waals surface area contributed by atoms with Gasteiger partial charge >= 0.3 is 0 Å². The van der Waals surface area contributed by atoms with Gasteiger partial charge in [0.1, 0.15) is 6.10 Å². The third kappa shape index (κ3) is 1.73. The molecule has 0 aromatic rings. The van der Waals surface area contributed by atoms with Gasteiger partial charge < -0.3 is 9.47 Å². The minimum absolute atomic E-state index is 0.312. The second-order valence-electron chi connectivity index (χ2n) is 4.08. The van der Waals surface area contributed by atoms with Crippen molar-refractivity contribution >= 4 is 0 Å². The van der Waals surface area contributed by atoms with Gasteiger partial charge in [-0.15, -0.1) is 0 Å². The second kappa shape index (κ2) is 3.70. The summed E-state index contributed by atoms with van der Waals surface area (Å²) in [6, 6.07) is 0. The first-order valence-corrected chi connectivity index (χ1v) is 5.23. The van der Waals surface area contributed by atoms with Crippen molar-refractivity contribution in [1.82, 2.24) is 0 Å². The van der Waals surface area contributed by atoms with Gasteiger partial charge in [0.2, 0.25) is 0 Å². The summed E-state index contributed by atoms with van der Waals surface area (Å²) < 4.78 is 11.3. The van der Waals surface area contributed by atoms with Crippen LogP contribution in [0.2, 0.25) is 0 Å². The first-order chi connectivity index (χ1) is 6.31. The molecular weight excluding hydrogens is 164 g/mol. The Hall–Kier alpha value is -0.500. The van der Waals surface area contributed by atoms with E-state index in [-0.39, 0.29) is 0 Å². The lowest BCUT2D eigenvalue weighted by Gasteiger charge is -2.24. The predicted octanol–water partition coefficient (Wildman–Crippen LogP) is 2.49. The van der Waals surface area contributed by atoms with Gasteiger partial charge in [0.15, 0.2) is 0 Å². The van der Waals surface area contributed by atoms with Crippen molar-refractivity contribution in [1.29, 1.82) is 0 Å². The van der Waals surface area contributed by atoms with Crippen LogP contribution in [0.3, 0.4) is 0 Å². The number of rotatable bonds is 3. The van der Waals surface area contributed by atoms with Crippen LogP contribution in [0.4, 0.5) is 0 Å². The van der Waals surface area contributed by atoms with Crippen molar-refractivity contribution in [3.8, 4) is 0 Å². The average molecular weight is 182 g/mol. The minimum Gasteiger partial charge on any atom is -0.498 e. The van der Waals surface area contributed by atoms with Gasteiger partial charge in [-0.2, -0.15) is 0 Å². The molecule has 2 saturated heterocycles. The Morgan fingerprint density at radius 1 is 1.46 bits per heavy atom. The SMILES string of the molecule is C/C=C/OC(C)C1CC2CCC1O2. The van der Waals surface area contributed by atoms with Crippen molar-refractivity contribution in [2.24, 2.45) is 5.92 Å². The van der Waals surface area contributed by atoms with Crippen LogP contribution in [-0.4, -0.2) is 18.3 Å². The summed E-state index contributed by atoms with van der Waals surface area (Å²) in [4.78, 5) is 0. The quantitative estimate of drug-likeness (QED) is 0.624. The Kier molecular flexibility index (Phi) is 2.58. The number of allylic oxidation sites excluding steroid dienone is 1. The van der Waals surface area contributed by atoms with E-state index in [2.05, 4.69) is 6.92 Å². The smallest absolute Gasteiger partial charge is 0.100 e. The van der Waals surface area contributed by atoms with Crippen molar-refractivity contribution < 1.29 is 9.47 Å². The maximum atomic E-state index is 5.78. The fourth-order valence-corrected chi connectivity index (χ4v) is 2.47. The lowest BCUT2D eigenvalue weighted by atomic mass is 9.86. The normalized spacial score (nSPS) is 40.0. The molecule has 2 aliphatic rings. The van der Waals surface area contributed by atoms with Crippen LogP contribution in [0.25, 0.3) is 0 Å². The molecule has 0 aliphatic carbocycles. The van der Waals surface area contributed by atoms with E-state index in [0.29, 0.717) is 24.2 Å². The van der Waals surface area contributed by atoms with Gasteiger partial charge in [0.25, 0.3) is 0 Å². The molecule has 13 heavy (non-hydrogen) atoms. The molecule has 0 saturated carbocycles. The topological polar surface area (TPSA) is 18.5 Å². The highest BCUT2D eigenvalue weighted by molar-refractivity contribution is 4.92. The molecule has 0 aromatic heterocycles. The van der Waals surface area contributed by atoms with E-state index in [4.69, 9.17) is 9.47 Å². The van der Waals surface area contributed by atoms with E-state index >= 15 is 0 Å². The van der Waals surface area contributed by atoms with E-state index in [1.54, 1.807) is 6.26 Å². The van der Waals surface area contributed by atoms with Gasteiger partial charge in [-0.05, 0) is 33.1 Å². The van der Waals surface area contributed by atoms with Crippen LogP contribution in [0.5, 0.6) is 0 Å². The third-order valence-electron chi connectivity index (χ3n) is 3.19. The Morgan fingerprint density at radius 3 is 2.85 bits per heavy atom. The zero-order valence-corrected chi connectivity index (χ0v) is 8.40. The van der Waals surface area contributed by atoms with Gasteiger partial charge in [0.05, 0.1) is 18.5 Å². The molecule has 2 rings (SSSR count). The number of fused-ring (bicyclic) bond motifs is 2. The summed E-state index contributed by atoms with van der Waals surface area (Å²) in [5.41, 5.74) is 0. The standard InChI is InChI=1S/C11H18O2/c1-3-6-12-8(2)10-7-9-4-5-11(10)13-9/h3,6,8-11H,4-5,7H2,1-2H3/b6-3+. The highest BCUT2D eigenvalue weighted by Gasteiger charge is 2.43. The third-order valence-corrected chi connectivity index (χ3v) is 3.19. The molecule has 0 amide bonds. The van der Waals surface area contributed by atoms with E-state index < -0.39 is 0 Å². The monoisotopic (exact) mass is 182 g/mol. The molecule has 0 N–H and O–H groups in total. The maximum absolute atomic E-state index is 5.78. The van der Waals surface area contributed by atoms with Gasteiger partial charge in [-0.1, -0.05) is 6.08 Å². The van der Waals surface area contributed by atoms with Gasteiger partial charge in [-0.3, -0.25) is 0 Å². The van der Waals surface area contributed by atoms with Crippen LogP contribution in [0.1, 0.15) is 33.1 Å². The number of hydrogen-bond donors (Lipinski definition) is 0. The zero-order chi connectivity index (χ0) is 9.26. The van der Waals surface area contributed by atoms with E-state index in [9.17, 15) is 0 Å². The van der Waals surface area contributed by atoms with Crippen molar-refractivity contribution in [2.45, 2.75) is 51.4 Å². The second-order valence-corrected chi connectivity index (χ2v) is 4.08. The lowest BCUT2D eigenvalue weighted by molar-refractivity contribution is 0.0425. The number of ether oxygens (including phenoxy) is 2. The number of hydrogen-bond acceptors (Lipinski definition) is 2. The summed E-state index contributed by atoms with van der Waals surface area (Å²) in [7, 11) is 0. The van der Waals surface area contributed by atoms with Gasteiger partial charge in [-0.25, -0.2) is 0 Å². The highest BCUT2D eigenvalue weighted by Crippen LogP contribution is 2.41. The van der Waals surface area contributed by atoms with Crippen LogP contribution >= 0.6 is 0 Å². The Balaban J connectivity index is 1.87. The van der Waals surface area contributed by atoms with E-state index in [1.165, 1.54) is 19.3 Å². The molecule has 74 valence electrons. The molecule has 0 radical (unpaired) electrons. The van der Waals surface area contributed by atoms with Crippen LogP contribution in [0.15, 0.2) is 12.3 Å². The average Bonchev–Trinajstić information content (AvgIpc) is 2.74. The Bertz CT molecular complexity index is 200. The van der Waals surface area contributed by atoms with E-state index in [1.807, 2.05) is 13.0 Å². The molecule has 2 nitrogen and oxygen atoms in total. The highest BCUT2D eigenvalue weighted by atomic mass is 16.5. The predicted molar refractivity (Wildman–Crippen MR) is 51.4 cm³/mol. The molecule has 4 unspecified atom stereocenters. The van der Waals surface area contributed by atoms with Crippen LogP contribution in [-0.2, 0) is 9.47 Å². The minimum atomic E-state index is 0.312. The molecule has 2 heterocycles. The first-order valence-electron chi connectivity index (χ1n) is 5.23. The summed E-state index contributed by atoms with van der Waals surface area (Å²) in [6.07, 6.45) is 8.74. The van der Waals surface area contributed by atoms with Gasteiger partial charge in [0, 0.05) is 5.92 Å². The van der Waals surface area contributed by atoms with Crippen molar-refractivity contribution in [3.63, 3.8) is 0 Å². The van der Waals surface area contributed by atoms with Crippen LogP contribution in [0, 0.1) is 5.92 Å². The van der Waals surface area contributed by atoms with E-state index in [0.717, 1.165) is 0 Å². The fraction of sp³-hybridized carbons (Fsp3) is 0.818. The maximum Gasteiger partial charge on any atom is 0.100 e. The zero-order valence-electron chi connectivity index (χ0n) is 8.40. The molecule has 0 aromatic carbocycles. The summed E-state index contributed by atoms with van der Waals surface area (Å²) in [5, 5.41) is 0. The largest absolute Gasteiger partial charge is 0.498 e. The summed E-state index contributed by atoms with van der Waals surface area (Å²) in [5.74, 6) is 0.620. The van der Waals surface area contributed by atoms with Crippen molar-refractivity contribution in [3.05, 3.63) is 12.3 Å². The lowest BCUT2D eigenvalue weighted by Crippen LogP contribution is -2.28. The Morgan fingerprint density at radius 2 is 2.31 bits per heavy atom. The van der Waals surface area contributed by atoms with Crippen molar-refractivity contribution in [2.75, 3.05) is 0 Å². The summed E-state index contributed by atoms with van der Waals surface area (Å²) >= 11 is 0. The Labute approximate surface area is 79.9 Å². The molecule has 4 atom stereocenters. The molecule has 2 fully saturated rings. The summed E-state index contributed by atoms with van der Waals surface area (Å²) in [6.45, 7) is 4.12. The molecule has 0 spiro atoms. The fourth-order valence-electron chi connectivity index (χ4n) is 2.47. The first kappa shape index (κ1) is 9.07.